The SMILES string of the molecule is CP1(=O)OCC(CO)O1. The highest BCUT2D eigenvalue weighted by molar-refractivity contribution is 7.53. The van der Waals surface area contributed by atoms with Crippen molar-refractivity contribution in [2.75, 3.05) is 19.9 Å². The lowest BCUT2D eigenvalue weighted by Crippen LogP contribution is -2.13. The normalized spacial score (nSPS) is 43.6. The number of hydrogen-bond acceptors (Lipinski definition) is 4. The summed E-state index contributed by atoms with van der Waals surface area (Å²) in [5, 5.41) is 8.47. The molecule has 0 spiro atoms. The molecule has 1 aliphatic heterocycles. The van der Waals surface area contributed by atoms with Crippen LogP contribution in [0.3, 0.4) is 0 Å². The first-order chi connectivity index (χ1) is 4.14. The average Bonchev–Trinajstić information content (AvgIpc) is 2.10. The molecule has 2 unspecified atom stereocenters. The van der Waals surface area contributed by atoms with E-state index in [2.05, 4.69) is 0 Å². The van der Waals surface area contributed by atoms with Gasteiger partial charge in [0, 0.05) is 6.66 Å². The summed E-state index contributed by atoms with van der Waals surface area (Å²) in [7, 11) is -2.78. The van der Waals surface area contributed by atoms with Crippen molar-refractivity contribution < 1.29 is 18.7 Å². The standard InChI is InChI=1S/C4H9O4P/c1-9(6)7-3-4(2-5)8-9/h4-5H,2-3H2,1H3. The molecular weight excluding hydrogens is 143 g/mol. The van der Waals surface area contributed by atoms with Gasteiger partial charge in [0.2, 0.25) is 0 Å². The zero-order valence-electron chi connectivity index (χ0n) is 5.11. The van der Waals surface area contributed by atoms with Gasteiger partial charge in [0.1, 0.15) is 6.10 Å². The smallest absolute Gasteiger partial charge is 0.328 e. The van der Waals surface area contributed by atoms with Crippen LogP contribution in [0.15, 0.2) is 0 Å². The number of hydrogen-bond donors (Lipinski definition) is 1. The fourth-order valence-electron chi connectivity index (χ4n) is 0.636. The van der Waals surface area contributed by atoms with E-state index >= 15 is 0 Å². The molecule has 0 bridgehead atoms. The molecule has 1 aliphatic rings. The van der Waals surface area contributed by atoms with Gasteiger partial charge >= 0.3 is 7.60 Å². The average molecular weight is 152 g/mol. The van der Waals surface area contributed by atoms with Crippen LogP contribution in [0.2, 0.25) is 0 Å². The molecule has 1 rings (SSSR count). The second kappa shape index (κ2) is 2.39. The molecule has 2 atom stereocenters. The molecule has 1 fully saturated rings. The van der Waals surface area contributed by atoms with Crippen LogP contribution >= 0.6 is 7.60 Å². The Hall–Kier alpha value is 0.110. The molecule has 1 heterocycles. The Kier molecular flexibility index (Phi) is 1.91. The van der Waals surface area contributed by atoms with E-state index in [4.69, 9.17) is 14.2 Å². The highest BCUT2D eigenvalue weighted by Gasteiger charge is 2.31. The molecule has 0 amide bonds. The van der Waals surface area contributed by atoms with Gasteiger partial charge in [-0.1, -0.05) is 0 Å². The minimum atomic E-state index is -2.78. The van der Waals surface area contributed by atoms with Crippen molar-refractivity contribution in [1.29, 1.82) is 0 Å². The zero-order valence-corrected chi connectivity index (χ0v) is 6.01. The summed E-state index contributed by atoms with van der Waals surface area (Å²) in [6.45, 7) is 1.50. The number of aliphatic hydroxyl groups excluding tert-OH is 1. The molecular formula is C4H9O4P. The first kappa shape index (κ1) is 7.22. The molecule has 1 N–H and O–H groups in total. The van der Waals surface area contributed by atoms with Crippen molar-refractivity contribution in [2.24, 2.45) is 0 Å². The minimum absolute atomic E-state index is 0.127. The Labute approximate surface area is 53.3 Å². The lowest BCUT2D eigenvalue weighted by Gasteiger charge is -2.02. The van der Waals surface area contributed by atoms with Gasteiger partial charge < -0.3 is 14.2 Å². The summed E-state index contributed by atoms with van der Waals surface area (Å²) < 4.78 is 20.3. The first-order valence-corrected chi connectivity index (χ1v) is 4.64. The molecule has 0 saturated carbocycles. The van der Waals surface area contributed by atoms with E-state index < -0.39 is 7.60 Å². The first-order valence-electron chi connectivity index (χ1n) is 2.65. The molecule has 0 aliphatic carbocycles. The van der Waals surface area contributed by atoms with Gasteiger partial charge in [0.15, 0.2) is 0 Å². The van der Waals surface area contributed by atoms with Crippen LogP contribution < -0.4 is 0 Å². The maximum atomic E-state index is 10.8. The molecule has 0 aromatic rings. The topological polar surface area (TPSA) is 55.8 Å². The van der Waals surface area contributed by atoms with Crippen molar-refractivity contribution in [3.63, 3.8) is 0 Å². The molecule has 9 heavy (non-hydrogen) atoms. The number of aliphatic hydroxyl groups is 1. The van der Waals surface area contributed by atoms with Crippen LogP contribution in [0.4, 0.5) is 0 Å². The van der Waals surface area contributed by atoms with Crippen LogP contribution in [-0.2, 0) is 13.6 Å². The van der Waals surface area contributed by atoms with E-state index in [0.29, 0.717) is 0 Å². The Bertz CT molecular complexity index is 146. The second-order valence-corrected chi connectivity index (χ2v) is 3.99. The quantitative estimate of drug-likeness (QED) is 0.546. The third-order valence-corrected chi connectivity index (χ3v) is 2.34. The Balaban J connectivity index is 2.47. The molecule has 4 nitrogen and oxygen atoms in total. The summed E-state index contributed by atoms with van der Waals surface area (Å²) in [5.41, 5.74) is 0. The van der Waals surface area contributed by atoms with E-state index in [1.54, 1.807) is 0 Å². The summed E-state index contributed by atoms with van der Waals surface area (Å²) in [6, 6.07) is 0. The summed E-state index contributed by atoms with van der Waals surface area (Å²) in [5.74, 6) is 0. The summed E-state index contributed by atoms with van der Waals surface area (Å²) in [6.07, 6.45) is -0.388. The molecule has 0 aromatic carbocycles. The van der Waals surface area contributed by atoms with Crippen molar-refractivity contribution in [3.05, 3.63) is 0 Å². The van der Waals surface area contributed by atoms with E-state index in [1.165, 1.54) is 6.66 Å². The Morgan fingerprint density at radius 3 is 2.78 bits per heavy atom. The molecule has 54 valence electrons. The highest BCUT2D eigenvalue weighted by Crippen LogP contribution is 2.49. The van der Waals surface area contributed by atoms with Gasteiger partial charge in [-0.25, -0.2) is 0 Å². The third-order valence-electron chi connectivity index (χ3n) is 1.04. The minimum Gasteiger partial charge on any atom is -0.394 e. The van der Waals surface area contributed by atoms with Crippen LogP contribution in [0.25, 0.3) is 0 Å². The van der Waals surface area contributed by atoms with Gasteiger partial charge in [-0.15, -0.1) is 0 Å². The lowest BCUT2D eigenvalue weighted by molar-refractivity contribution is 0.134. The van der Waals surface area contributed by atoms with Gasteiger partial charge in [0.05, 0.1) is 13.2 Å². The molecule has 5 heteroatoms. The van der Waals surface area contributed by atoms with Crippen molar-refractivity contribution in [2.45, 2.75) is 6.10 Å². The third kappa shape index (κ3) is 1.76. The molecule has 0 aromatic heterocycles. The van der Waals surface area contributed by atoms with Crippen LogP contribution in [0, 0.1) is 0 Å². The van der Waals surface area contributed by atoms with Crippen LogP contribution in [0.1, 0.15) is 0 Å². The van der Waals surface area contributed by atoms with Gasteiger partial charge in [-0.2, -0.15) is 0 Å². The number of rotatable bonds is 1. The van der Waals surface area contributed by atoms with E-state index in [9.17, 15) is 4.57 Å². The maximum Gasteiger partial charge on any atom is 0.328 e. The predicted octanol–water partition coefficient (Wildman–Crippen LogP) is 0.217. The van der Waals surface area contributed by atoms with E-state index in [-0.39, 0.29) is 19.3 Å². The van der Waals surface area contributed by atoms with Crippen LogP contribution in [-0.4, -0.2) is 31.1 Å². The van der Waals surface area contributed by atoms with Crippen LogP contribution in [0.5, 0.6) is 0 Å². The highest BCUT2D eigenvalue weighted by atomic mass is 31.2. The molecule has 1 saturated heterocycles. The Morgan fingerprint density at radius 2 is 2.56 bits per heavy atom. The fourth-order valence-corrected chi connectivity index (χ4v) is 1.80. The lowest BCUT2D eigenvalue weighted by atomic mass is 10.4. The zero-order chi connectivity index (χ0) is 6.91. The van der Waals surface area contributed by atoms with Gasteiger partial charge in [-0.3, -0.25) is 4.57 Å². The Morgan fingerprint density at radius 1 is 1.89 bits per heavy atom. The van der Waals surface area contributed by atoms with Crippen molar-refractivity contribution in [1.82, 2.24) is 0 Å². The monoisotopic (exact) mass is 152 g/mol. The molecule has 0 radical (unpaired) electrons. The summed E-state index contributed by atoms with van der Waals surface area (Å²) in [4.78, 5) is 0. The summed E-state index contributed by atoms with van der Waals surface area (Å²) >= 11 is 0. The predicted molar refractivity (Wildman–Crippen MR) is 31.4 cm³/mol. The van der Waals surface area contributed by atoms with Crippen molar-refractivity contribution >= 4 is 7.60 Å². The fraction of sp³-hybridized carbons (Fsp3) is 1.00. The second-order valence-electron chi connectivity index (χ2n) is 1.98. The van der Waals surface area contributed by atoms with E-state index in [0.717, 1.165) is 0 Å². The van der Waals surface area contributed by atoms with Gasteiger partial charge in [0.25, 0.3) is 0 Å². The van der Waals surface area contributed by atoms with E-state index in [1.807, 2.05) is 0 Å². The maximum absolute atomic E-state index is 10.8. The van der Waals surface area contributed by atoms with Crippen molar-refractivity contribution in [3.8, 4) is 0 Å². The largest absolute Gasteiger partial charge is 0.394 e. The van der Waals surface area contributed by atoms with Gasteiger partial charge in [-0.05, 0) is 0 Å².